The van der Waals surface area contributed by atoms with E-state index in [0.29, 0.717) is 16.7 Å². The molecule has 0 fully saturated rings. The predicted molar refractivity (Wildman–Crippen MR) is 66.6 cm³/mol. The molecule has 1 aromatic heterocycles. The minimum absolute atomic E-state index is 0.0959. The van der Waals surface area contributed by atoms with Crippen molar-refractivity contribution < 1.29 is 19.4 Å². The molecule has 2 N–H and O–H groups in total. The maximum absolute atomic E-state index is 11.6. The molecule has 0 saturated heterocycles. The molecule has 0 amide bonds. The highest BCUT2D eigenvalue weighted by atomic mass is 16.5. The van der Waals surface area contributed by atoms with E-state index in [1.165, 1.54) is 14.0 Å². The molecule has 5 heteroatoms. The fraction of sp³-hybridized carbons (Fsp3) is 0.231. The minimum atomic E-state index is -1.16. The summed E-state index contributed by atoms with van der Waals surface area (Å²) in [6.07, 6.45) is 0. The van der Waals surface area contributed by atoms with Crippen molar-refractivity contribution in [1.29, 1.82) is 0 Å². The zero-order chi connectivity index (χ0) is 13.4. The summed E-state index contributed by atoms with van der Waals surface area (Å²) in [7, 11) is 1.50. The highest BCUT2D eigenvalue weighted by Crippen LogP contribution is 2.31. The number of nitrogens with one attached hydrogen (secondary N) is 1. The lowest BCUT2D eigenvalue weighted by atomic mass is 10.0. The van der Waals surface area contributed by atoms with E-state index in [1.807, 2.05) is 6.92 Å². The monoisotopic (exact) mass is 247 g/mol. The number of carbonyl (C=O) groups excluding carboxylic acids is 1. The van der Waals surface area contributed by atoms with Crippen LogP contribution in [0, 0.1) is 6.92 Å². The molecular formula is C13H13NO4. The normalized spacial score (nSPS) is 10.6. The number of carboxylic acids is 1. The van der Waals surface area contributed by atoms with Crippen LogP contribution in [0.5, 0.6) is 5.75 Å². The average Bonchev–Trinajstić information content (AvgIpc) is 2.66. The van der Waals surface area contributed by atoms with Gasteiger partial charge >= 0.3 is 5.97 Å². The van der Waals surface area contributed by atoms with Crippen LogP contribution in [-0.2, 0) is 0 Å². The first-order valence-electron chi connectivity index (χ1n) is 5.40. The number of aryl methyl sites for hydroxylation is 1. The first-order valence-corrected chi connectivity index (χ1v) is 5.40. The highest BCUT2D eigenvalue weighted by molar-refractivity contribution is 6.15. The van der Waals surface area contributed by atoms with E-state index in [0.717, 1.165) is 5.56 Å². The fourth-order valence-corrected chi connectivity index (χ4v) is 2.09. The van der Waals surface area contributed by atoms with Crippen molar-refractivity contribution in [1.82, 2.24) is 4.98 Å². The Morgan fingerprint density at radius 1 is 1.33 bits per heavy atom. The molecule has 1 aromatic carbocycles. The van der Waals surface area contributed by atoms with Gasteiger partial charge in [0.15, 0.2) is 5.78 Å². The van der Waals surface area contributed by atoms with Crippen molar-refractivity contribution >= 4 is 22.7 Å². The summed E-state index contributed by atoms with van der Waals surface area (Å²) in [6.45, 7) is 3.21. The molecule has 0 atom stereocenters. The lowest BCUT2D eigenvalue weighted by molar-refractivity contribution is 0.0687. The third-order valence-corrected chi connectivity index (χ3v) is 2.80. The maximum atomic E-state index is 11.6. The van der Waals surface area contributed by atoms with Crippen molar-refractivity contribution in [3.8, 4) is 5.75 Å². The smallest absolute Gasteiger partial charge is 0.353 e. The van der Waals surface area contributed by atoms with Crippen molar-refractivity contribution in [2.24, 2.45) is 0 Å². The van der Waals surface area contributed by atoms with Gasteiger partial charge in [0.05, 0.1) is 18.2 Å². The molecule has 2 aromatic rings. The number of Topliss-reactive ketones (excluding diaryl/α,β-unsaturated/α-hetero) is 1. The van der Waals surface area contributed by atoms with Gasteiger partial charge in [0, 0.05) is 5.39 Å². The number of methoxy groups -OCH3 is 1. The molecule has 2 rings (SSSR count). The molecule has 0 saturated carbocycles. The van der Waals surface area contributed by atoms with Crippen LogP contribution in [0.2, 0.25) is 0 Å². The Balaban J connectivity index is 2.93. The molecule has 0 unspecified atom stereocenters. The number of hydrogen-bond acceptors (Lipinski definition) is 3. The molecule has 0 bridgehead atoms. The molecule has 1 heterocycles. The van der Waals surface area contributed by atoms with Gasteiger partial charge in [-0.25, -0.2) is 4.79 Å². The van der Waals surface area contributed by atoms with Crippen LogP contribution in [0.15, 0.2) is 12.1 Å². The second-order valence-corrected chi connectivity index (χ2v) is 4.13. The Hall–Kier alpha value is -2.30. The van der Waals surface area contributed by atoms with Crippen molar-refractivity contribution in [2.45, 2.75) is 13.8 Å². The number of carboxylic acid groups (broad SMARTS) is 1. The Morgan fingerprint density at radius 2 is 2.00 bits per heavy atom. The summed E-state index contributed by atoms with van der Waals surface area (Å²) in [5, 5.41) is 9.70. The van der Waals surface area contributed by atoms with E-state index in [1.54, 1.807) is 12.1 Å². The number of rotatable bonds is 3. The van der Waals surface area contributed by atoms with E-state index >= 15 is 0 Å². The van der Waals surface area contributed by atoms with Gasteiger partial charge in [-0.1, -0.05) is 0 Å². The molecule has 0 aliphatic carbocycles. The Labute approximate surface area is 103 Å². The molecule has 94 valence electrons. The summed E-state index contributed by atoms with van der Waals surface area (Å²) in [6, 6.07) is 3.56. The molecule has 0 radical (unpaired) electrons. The van der Waals surface area contributed by atoms with Crippen molar-refractivity contribution in [2.75, 3.05) is 7.11 Å². The molecule has 18 heavy (non-hydrogen) atoms. The number of hydrogen-bond donors (Lipinski definition) is 2. The van der Waals surface area contributed by atoms with Gasteiger partial charge in [-0.3, -0.25) is 4.79 Å². The number of fused-ring (bicyclic) bond motifs is 1. The number of aromatic carboxylic acids is 1. The number of benzene rings is 1. The van der Waals surface area contributed by atoms with E-state index in [-0.39, 0.29) is 17.0 Å². The topological polar surface area (TPSA) is 79.4 Å². The lowest BCUT2D eigenvalue weighted by Crippen LogP contribution is -2.04. The fourth-order valence-electron chi connectivity index (χ4n) is 2.09. The second-order valence-electron chi connectivity index (χ2n) is 4.13. The number of carbonyl (C=O) groups is 2. The van der Waals surface area contributed by atoms with Gasteiger partial charge in [0.2, 0.25) is 0 Å². The second kappa shape index (κ2) is 4.18. The number of aromatic nitrogens is 1. The zero-order valence-electron chi connectivity index (χ0n) is 10.3. The molecule has 0 aliphatic rings. The maximum Gasteiger partial charge on any atom is 0.353 e. The van der Waals surface area contributed by atoms with Gasteiger partial charge in [-0.15, -0.1) is 0 Å². The summed E-state index contributed by atoms with van der Waals surface area (Å²) in [5.41, 5.74) is 1.53. The van der Waals surface area contributed by atoms with Crippen LogP contribution in [0.3, 0.4) is 0 Å². The first-order chi connectivity index (χ1) is 8.45. The summed E-state index contributed by atoms with van der Waals surface area (Å²) >= 11 is 0. The van der Waals surface area contributed by atoms with Gasteiger partial charge in [-0.2, -0.15) is 0 Å². The molecule has 0 aliphatic heterocycles. The highest BCUT2D eigenvalue weighted by Gasteiger charge is 2.22. The van der Waals surface area contributed by atoms with Crippen LogP contribution >= 0.6 is 0 Å². The molecular weight excluding hydrogens is 234 g/mol. The Kier molecular flexibility index (Phi) is 2.82. The lowest BCUT2D eigenvalue weighted by Gasteiger charge is -2.03. The third-order valence-electron chi connectivity index (χ3n) is 2.80. The number of ether oxygens (including phenoxy) is 1. The van der Waals surface area contributed by atoms with Crippen LogP contribution in [0.4, 0.5) is 0 Å². The molecule has 5 nitrogen and oxygen atoms in total. The Morgan fingerprint density at radius 3 is 2.50 bits per heavy atom. The zero-order valence-corrected chi connectivity index (χ0v) is 10.3. The van der Waals surface area contributed by atoms with E-state index in [9.17, 15) is 9.59 Å². The van der Waals surface area contributed by atoms with E-state index < -0.39 is 5.97 Å². The standard InChI is InChI=1S/C13H13NO4/c1-6-4-8-10(7(2)15)12(13(16)17)14-11(8)9(5-6)18-3/h4-5,14H,1-3H3,(H,16,17). The third kappa shape index (κ3) is 1.73. The van der Waals surface area contributed by atoms with Gasteiger partial charge < -0.3 is 14.8 Å². The van der Waals surface area contributed by atoms with E-state index in [2.05, 4.69) is 4.98 Å². The number of ketones is 1. The van der Waals surface area contributed by atoms with E-state index in [4.69, 9.17) is 9.84 Å². The first kappa shape index (κ1) is 12.2. The predicted octanol–water partition coefficient (Wildman–Crippen LogP) is 2.39. The van der Waals surface area contributed by atoms with Crippen LogP contribution in [-0.4, -0.2) is 29.0 Å². The van der Waals surface area contributed by atoms with Crippen LogP contribution in [0.1, 0.15) is 33.3 Å². The van der Waals surface area contributed by atoms with Gasteiger partial charge in [0.25, 0.3) is 0 Å². The quantitative estimate of drug-likeness (QED) is 0.816. The summed E-state index contributed by atoms with van der Waals surface area (Å²) in [5.74, 6) is -0.914. The minimum Gasteiger partial charge on any atom is -0.495 e. The van der Waals surface area contributed by atoms with Gasteiger partial charge in [-0.05, 0) is 31.5 Å². The molecule has 0 spiro atoms. The number of H-pyrrole nitrogens is 1. The van der Waals surface area contributed by atoms with Crippen molar-refractivity contribution in [3.63, 3.8) is 0 Å². The SMILES string of the molecule is COc1cc(C)cc2c(C(C)=O)c(C(=O)O)[nH]c12. The van der Waals surface area contributed by atoms with Gasteiger partial charge in [0.1, 0.15) is 11.4 Å². The summed E-state index contributed by atoms with van der Waals surface area (Å²) < 4.78 is 5.20. The van der Waals surface area contributed by atoms with Crippen LogP contribution in [0.25, 0.3) is 10.9 Å². The Bertz CT molecular complexity index is 655. The average molecular weight is 247 g/mol. The largest absolute Gasteiger partial charge is 0.495 e. The van der Waals surface area contributed by atoms with Crippen molar-refractivity contribution in [3.05, 3.63) is 29.0 Å². The number of aromatic amines is 1. The summed E-state index contributed by atoms with van der Waals surface area (Å²) in [4.78, 5) is 25.5. The van der Waals surface area contributed by atoms with Crippen LogP contribution < -0.4 is 4.74 Å².